The Morgan fingerprint density at radius 1 is 1.18 bits per heavy atom. The van der Waals surface area contributed by atoms with E-state index in [1.54, 1.807) is 18.2 Å². The molecule has 0 spiro atoms. The van der Waals surface area contributed by atoms with Crippen LogP contribution in [0.25, 0.3) is 6.08 Å². The number of amidine groups is 3. The van der Waals surface area contributed by atoms with E-state index in [-0.39, 0.29) is 21.7 Å². The number of carbonyl (C=O) groups excluding carboxylic acids is 1. The van der Waals surface area contributed by atoms with Gasteiger partial charge in [-0.2, -0.15) is 9.39 Å². The zero-order valence-corrected chi connectivity index (χ0v) is 20.6. The maximum absolute atomic E-state index is 12.5. The standard InChI is InChI=1S/C21H17BrN4O5S2/c1-30-17-10-13(5-8-16(17)31-11-12-3-6-14(22)7-4-12)9-15-18(23)26-20(24-19(15)27)32-25-21(26)33(2,28)29/h3-10,23H,11H2,1-2H3. The fourth-order valence-corrected chi connectivity index (χ4v) is 5.15. The minimum Gasteiger partial charge on any atom is -0.493 e. The molecule has 2 aromatic carbocycles. The van der Waals surface area contributed by atoms with Gasteiger partial charge in [0.15, 0.2) is 11.5 Å². The molecule has 33 heavy (non-hydrogen) atoms. The van der Waals surface area contributed by atoms with E-state index in [4.69, 9.17) is 14.9 Å². The number of hydrogen-bond acceptors (Lipinski definition) is 8. The average molecular weight is 549 g/mol. The third-order valence-electron chi connectivity index (χ3n) is 4.63. The number of ether oxygens (including phenoxy) is 2. The molecule has 0 bridgehead atoms. The zero-order valence-electron chi connectivity index (χ0n) is 17.4. The molecule has 0 saturated heterocycles. The molecule has 4 rings (SSSR count). The Kier molecular flexibility index (Phi) is 6.41. The minimum absolute atomic E-state index is 0.0387. The van der Waals surface area contributed by atoms with Gasteiger partial charge in [0.2, 0.25) is 20.2 Å². The second-order valence-corrected chi connectivity index (χ2v) is 10.6. The summed E-state index contributed by atoms with van der Waals surface area (Å²) < 4.78 is 40.1. The van der Waals surface area contributed by atoms with Crippen LogP contribution >= 0.6 is 27.9 Å². The molecule has 0 fully saturated rings. The molecule has 170 valence electrons. The van der Waals surface area contributed by atoms with Gasteiger partial charge < -0.3 is 9.47 Å². The van der Waals surface area contributed by atoms with Crippen molar-refractivity contribution in [2.45, 2.75) is 6.61 Å². The Hall–Kier alpha value is -2.96. The number of nitrogens with zero attached hydrogens (tertiary/aromatic N) is 3. The minimum atomic E-state index is -3.71. The van der Waals surface area contributed by atoms with Crippen LogP contribution in [0.1, 0.15) is 11.1 Å². The first kappa shape index (κ1) is 23.2. The van der Waals surface area contributed by atoms with Gasteiger partial charge in [0.25, 0.3) is 5.91 Å². The van der Waals surface area contributed by atoms with Crippen LogP contribution < -0.4 is 9.47 Å². The maximum atomic E-state index is 12.5. The molecule has 0 aliphatic carbocycles. The number of benzene rings is 2. The van der Waals surface area contributed by atoms with Crippen LogP contribution in [0.5, 0.6) is 11.5 Å². The van der Waals surface area contributed by atoms with Crippen molar-refractivity contribution >= 4 is 65.9 Å². The first-order valence-corrected chi connectivity index (χ1v) is 12.9. The molecule has 2 heterocycles. The number of amides is 1. The van der Waals surface area contributed by atoms with E-state index in [0.29, 0.717) is 23.7 Å². The normalized spacial score (nSPS) is 17.1. The van der Waals surface area contributed by atoms with Gasteiger partial charge in [-0.15, -0.1) is 0 Å². The Bertz CT molecular complexity index is 1350. The van der Waals surface area contributed by atoms with Crippen LogP contribution in [0.4, 0.5) is 0 Å². The number of nitrogens with one attached hydrogen (secondary N) is 1. The van der Waals surface area contributed by atoms with Gasteiger partial charge in [-0.25, -0.2) is 13.3 Å². The molecule has 9 nitrogen and oxygen atoms in total. The summed E-state index contributed by atoms with van der Waals surface area (Å²) in [4.78, 5) is 17.5. The molecule has 0 unspecified atom stereocenters. The maximum Gasteiger partial charge on any atom is 0.283 e. The van der Waals surface area contributed by atoms with Crippen molar-refractivity contribution in [2.24, 2.45) is 9.39 Å². The van der Waals surface area contributed by atoms with Gasteiger partial charge in [-0.3, -0.25) is 10.2 Å². The fourth-order valence-electron chi connectivity index (χ4n) is 3.04. The molecule has 0 aromatic heterocycles. The Morgan fingerprint density at radius 2 is 1.91 bits per heavy atom. The van der Waals surface area contributed by atoms with Gasteiger partial charge in [0, 0.05) is 10.7 Å². The SMILES string of the molecule is COc1cc(C=C2C(=N)N3C(=NC2=O)SN=C3S(C)(=O)=O)ccc1OCc1ccc(Br)cc1. The number of methoxy groups -OCH3 is 1. The van der Waals surface area contributed by atoms with Crippen molar-refractivity contribution in [2.75, 3.05) is 13.4 Å². The predicted molar refractivity (Wildman–Crippen MR) is 131 cm³/mol. The van der Waals surface area contributed by atoms with E-state index in [1.165, 1.54) is 13.2 Å². The summed E-state index contributed by atoms with van der Waals surface area (Å²) >= 11 is 4.14. The van der Waals surface area contributed by atoms with Crippen molar-refractivity contribution in [1.82, 2.24) is 4.90 Å². The van der Waals surface area contributed by atoms with Crippen LogP contribution in [0, 0.1) is 5.41 Å². The molecule has 0 saturated carbocycles. The molecule has 0 atom stereocenters. The number of rotatable bonds is 5. The lowest BCUT2D eigenvalue weighted by Crippen LogP contribution is -2.45. The second-order valence-electron chi connectivity index (χ2n) is 7.00. The highest BCUT2D eigenvalue weighted by Crippen LogP contribution is 2.32. The molecule has 2 aliphatic rings. The third-order valence-corrected chi connectivity index (χ3v) is 6.91. The Morgan fingerprint density at radius 3 is 2.58 bits per heavy atom. The number of halogens is 1. The molecule has 1 N–H and O–H groups in total. The summed E-state index contributed by atoms with van der Waals surface area (Å²) in [6.45, 7) is 0.338. The lowest BCUT2D eigenvalue weighted by atomic mass is 10.1. The Labute approximate surface area is 202 Å². The van der Waals surface area contributed by atoms with E-state index in [0.717, 1.165) is 33.1 Å². The van der Waals surface area contributed by atoms with Crippen molar-refractivity contribution in [3.63, 3.8) is 0 Å². The van der Waals surface area contributed by atoms with Gasteiger partial charge in [-0.05, 0) is 41.5 Å². The lowest BCUT2D eigenvalue weighted by molar-refractivity contribution is -0.114. The van der Waals surface area contributed by atoms with Crippen molar-refractivity contribution in [1.29, 1.82) is 5.41 Å². The van der Waals surface area contributed by atoms with Crippen LogP contribution in [0.2, 0.25) is 0 Å². The number of sulfone groups is 1. The van der Waals surface area contributed by atoms with Gasteiger partial charge in [0.1, 0.15) is 12.4 Å². The number of fused-ring (bicyclic) bond motifs is 1. The van der Waals surface area contributed by atoms with Crippen molar-refractivity contribution in [3.8, 4) is 11.5 Å². The average Bonchev–Trinajstić information content (AvgIpc) is 3.21. The summed E-state index contributed by atoms with van der Waals surface area (Å²) in [5.41, 5.74) is 1.47. The summed E-state index contributed by atoms with van der Waals surface area (Å²) in [6, 6.07) is 12.8. The monoisotopic (exact) mass is 548 g/mol. The Balaban J connectivity index is 1.59. The zero-order chi connectivity index (χ0) is 23.8. The molecular weight excluding hydrogens is 532 g/mol. The highest BCUT2D eigenvalue weighted by atomic mass is 79.9. The van der Waals surface area contributed by atoms with Gasteiger partial charge in [0.05, 0.1) is 24.6 Å². The molecule has 2 aliphatic heterocycles. The van der Waals surface area contributed by atoms with E-state index in [2.05, 4.69) is 25.3 Å². The van der Waals surface area contributed by atoms with Crippen LogP contribution in [0.15, 0.2) is 61.9 Å². The molecule has 1 amide bonds. The lowest BCUT2D eigenvalue weighted by Gasteiger charge is -2.23. The fraction of sp³-hybridized carbons (Fsp3) is 0.143. The summed E-state index contributed by atoms with van der Waals surface area (Å²) in [6.07, 6.45) is 2.44. The molecule has 12 heteroatoms. The summed E-state index contributed by atoms with van der Waals surface area (Å²) in [7, 11) is -2.21. The number of hydrogen-bond donors (Lipinski definition) is 1. The summed E-state index contributed by atoms with van der Waals surface area (Å²) in [5.74, 6) is -0.0159. The van der Waals surface area contributed by atoms with Gasteiger partial charge >= 0.3 is 0 Å². The van der Waals surface area contributed by atoms with Crippen molar-refractivity contribution in [3.05, 3.63) is 63.6 Å². The van der Waals surface area contributed by atoms with Gasteiger partial charge in [-0.1, -0.05) is 34.1 Å². The molecular formula is C21H17BrN4O5S2. The quantitative estimate of drug-likeness (QED) is 0.446. The van der Waals surface area contributed by atoms with Crippen LogP contribution in [-0.2, 0) is 21.2 Å². The first-order valence-electron chi connectivity index (χ1n) is 9.41. The third kappa shape index (κ3) is 4.87. The predicted octanol–water partition coefficient (Wildman–Crippen LogP) is 3.66. The van der Waals surface area contributed by atoms with Crippen molar-refractivity contribution < 1.29 is 22.7 Å². The second kappa shape index (κ2) is 9.12. The topological polar surface area (TPSA) is 121 Å². The van der Waals surface area contributed by atoms with Crippen LogP contribution in [0.3, 0.4) is 0 Å². The number of aliphatic imine (C=N–C) groups is 1. The summed E-state index contributed by atoms with van der Waals surface area (Å²) in [5, 5.41) is 8.13. The van der Waals surface area contributed by atoms with Crippen LogP contribution in [-0.4, -0.2) is 48.8 Å². The van der Waals surface area contributed by atoms with E-state index >= 15 is 0 Å². The molecule has 2 aromatic rings. The van der Waals surface area contributed by atoms with E-state index < -0.39 is 15.7 Å². The van der Waals surface area contributed by atoms with E-state index in [9.17, 15) is 13.2 Å². The highest BCUT2D eigenvalue weighted by molar-refractivity contribution is 9.10. The highest BCUT2D eigenvalue weighted by Gasteiger charge is 2.41. The van der Waals surface area contributed by atoms with E-state index in [1.807, 2.05) is 24.3 Å². The number of carbonyl (C=O) groups is 1. The first-order chi connectivity index (χ1) is 15.7. The molecule has 0 radical (unpaired) electrons. The largest absolute Gasteiger partial charge is 0.493 e. The smallest absolute Gasteiger partial charge is 0.283 e.